The molecule has 6 N–H and O–H groups in total. The zero-order chi connectivity index (χ0) is 23.8. The maximum absolute atomic E-state index is 13.4. The van der Waals surface area contributed by atoms with Gasteiger partial charge in [0.1, 0.15) is 18.1 Å². The van der Waals surface area contributed by atoms with Crippen molar-refractivity contribution in [3.8, 4) is 0 Å². The van der Waals surface area contributed by atoms with Crippen LogP contribution in [-0.4, -0.2) is 82.4 Å². The van der Waals surface area contributed by atoms with E-state index >= 15 is 0 Å². The van der Waals surface area contributed by atoms with E-state index in [9.17, 15) is 24.3 Å². The number of nitrogens with one attached hydrogen (secondary N) is 1. The second-order valence-electron chi connectivity index (χ2n) is 9.30. The molecule has 2 saturated heterocycles. The molecule has 10 nitrogen and oxygen atoms in total. The number of carbonyl (C=O) groups is 4. The summed E-state index contributed by atoms with van der Waals surface area (Å²) in [6.45, 7) is 5.22. The summed E-state index contributed by atoms with van der Waals surface area (Å²) in [4.78, 5) is 53.6. The van der Waals surface area contributed by atoms with Crippen molar-refractivity contribution in [1.82, 2.24) is 15.1 Å². The van der Waals surface area contributed by atoms with Gasteiger partial charge in [-0.2, -0.15) is 0 Å². The highest BCUT2D eigenvalue weighted by atomic mass is 16.4. The molecule has 4 atom stereocenters. The minimum atomic E-state index is -1.02. The number of hydrogen-bond donors (Lipinski definition) is 4. The Balaban J connectivity index is 2.12. The number of hydrogen-bond acceptors (Lipinski definition) is 6. The van der Waals surface area contributed by atoms with Crippen LogP contribution in [0.5, 0.6) is 0 Å². The first-order valence-electron chi connectivity index (χ1n) is 11.8. The van der Waals surface area contributed by atoms with Gasteiger partial charge in [0.05, 0.1) is 6.04 Å². The lowest BCUT2D eigenvalue weighted by Crippen LogP contribution is -2.56. The number of unbranched alkanes of at least 4 members (excludes halogenated alkanes) is 1. The highest BCUT2D eigenvalue weighted by Crippen LogP contribution is 2.26. The van der Waals surface area contributed by atoms with E-state index in [0.717, 1.165) is 0 Å². The van der Waals surface area contributed by atoms with Gasteiger partial charge in [0, 0.05) is 13.1 Å². The van der Waals surface area contributed by atoms with Gasteiger partial charge in [0.25, 0.3) is 0 Å². The van der Waals surface area contributed by atoms with Gasteiger partial charge in [0.15, 0.2) is 0 Å². The molecule has 0 aromatic rings. The van der Waals surface area contributed by atoms with Crippen molar-refractivity contribution in [2.24, 2.45) is 17.4 Å². The van der Waals surface area contributed by atoms with Crippen molar-refractivity contribution >= 4 is 23.7 Å². The third kappa shape index (κ3) is 6.65. The van der Waals surface area contributed by atoms with Gasteiger partial charge >= 0.3 is 5.97 Å². The van der Waals surface area contributed by atoms with E-state index in [1.807, 2.05) is 13.8 Å². The molecule has 2 aliphatic heterocycles. The Morgan fingerprint density at radius 1 is 1.03 bits per heavy atom. The standard InChI is InChI=1S/C22H39N5O5/c1-14(2)13-15(24)19(28)25-16(7-3-4-10-23)20(29)26-11-5-8-17(26)21(30)27-12-6-9-18(27)22(31)32/h14-18H,3-13,23-24H2,1-2H3,(H,25,28)(H,31,32). The molecule has 2 aliphatic rings. The van der Waals surface area contributed by atoms with E-state index in [-0.39, 0.29) is 23.6 Å². The van der Waals surface area contributed by atoms with Crippen LogP contribution in [-0.2, 0) is 19.2 Å². The largest absolute Gasteiger partial charge is 0.480 e. The van der Waals surface area contributed by atoms with Crippen molar-refractivity contribution in [3.05, 3.63) is 0 Å². The minimum absolute atomic E-state index is 0.241. The quantitative estimate of drug-likeness (QED) is 0.321. The number of likely N-dealkylation sites (tertiary alicyclic amines) is 2. The summed E-state index contributed by atoms with van der Waals surface area (Å²) >= 11 is 0. The number of carbonyl (C=O) groups excluding carboxylic acids is 3. The fraction of sp³-hybridized carbons (Fsp3) is 0.818. The fourth-order valence-electron chi connectivity index (χ4n) is 4.61. The minimum Gasteiger partial charge on any atom is -0.480 e. The van der Waals surface area contributed by atoms with Crippen LogP contribution >= 0.6 is 0 Å². The van der Waals surface area contributed by atoms with E-state index in [1.165, 1.54) is 9.80 Å². The molecular formula is C22H39N5O5. The maximum Gasteiger partial charge on any atom is 0.326 e. The van der Waals surface area contributed by atoms with Crippen LogP contribution in [0.25, 0.3) is 0 Å². The first-order valence-corrected chi connectivity index (χ1v) is 11.8. The summed E-state index contributed by atoms with van der Waals surface area (Å²) in [5.41, 5.74) is 11.6. The molecule has 0 radical (unpaired) electrons. The van der Waals surface area contributed by atoms with Gasteiger partial charge in [-0.3, -0.25) is 14.4 Å². The summed E-state index contributed by atoms with van der Waals surface area (Å²) in [6, 6.07) is -3.03. The smallest absolute Gasteiger partial charge is 0.326 e. The summed E-state index contributed by atoms with van der Waals surface area (Å²) in [7, 11) is 0. The van der Waals surface area contributed by atoms with Gasteiger partial charge in [-0.15, -0.1) is 0 Å². The van der Waals surface area contributed by atoms with Crippen LogP contribution in [0.3, 0.4) is 0 Å². The van der Waals surface area contributed by atoms with Crippen molar-refractivity contribution in [2.75, 3.05) is 19.6 Å². The Bertz CT molecular complexity index is 686. The molecule has 0 bridgehead atoms. The normalized spacial score (nSPS) is 22.8. The number of carboxylic acids is 1. The van der Waals surface area contributed by atoms with E-state index in [0.29, 0.717) is 71.0 Å². The number of carboxylic acid groups (broad SMARTS) is 1. The molecular weight excluding hydrogens is 414 g/mol. The summed E-state index contributed by atoms with van der Waals surface area (Å²) < 4.78 is 0. The Hall–Kier alpha value is -2.20. The van der Waals surface area contributed by atoms with Crippen LogP contribution in [0.4, 0.5) is 0 Å². The summed E-state index contributed by atoms with van der Waals surface area (Å²) in [6.07, 6.45) is 4.50. The Kier molecular flexibility index (Phi) is 9.89. The predicted octanol–water partition coefficient (Wildman–Crippen LogP) is 0.0402. The third-order valence-electron chi connectivity index (χ3n) is 6.27. The Labute approximate surface area is 190 Å². The number of aliphatic carboxylic acids is 1. The lowest BCUT2D eigenvalue weighted by molar-refractivity contribution is -0.152. The molecule has 0 saturated carbocycles. The Morgan fingerprint density at radius 3 is 2.25 bits per heavy atom. The van der Waals surface area contributed by atoms with Crippen molar-refractivity contribution in [2.45, 2.75) is 89.4 Å². The number of rotatable bonds is 11. The van der Waals surface area contributed by atoms with Gasteiger partial charge < -0.3 is 31.7 Å². The fourth-order valence-corrected chi connectivity index (χ4v) is 4.61. The predicted molar refractivity (Wildman–Crippen MR) is 119 cm³/mol. The van der Waals surface area contributed by atoms with Gasteiger partial charge in [-0.25, -0.2) is 4.79 Å². The van der Waals surface area contributed by atoms with Crippen LogP contribution in [0, 0.1) is 5.92 Å². The zero-order valence-corrected chi connectivity index (χ0v) is 19.3. The highest BCUT2D eigenvalue weighted by molar-refractivity contribution is 5.94. The topological polar surface area (TPSA) is 159 Å². The van der Waals surface area contributed by atoms with Crippen molar-refractivity contribution < 1.29 is 24.3 Å². The lowest BCUT2D eigenvalue weighted by Gasteiger charge is -2.32. The SMILES string of the molecule is CC(C)CC(N)C(=O)NC(CCCCN)C(=O)N1CCCC1C(=O)N1CCCC1C(=O)O. The third-order valence-corrected chi connectivity index (χ3v) is 6.27. The summed E-state index contributed by atoms with van der Waals surface area (Å²) in [5, 5.41) is 12.2. The van der Waals surface area contributed by atoms with Gasteiger partial charge in [-0.05, 0) is 63.8 Å². The van der Waals surface area contributed by atoms with E-state index in [1.54, 1.807) is 0 Å². The average molecular weight is 454 g/mol. The van der Waals surface area contributed by atoms with E-state index in [2.05, 4.69) is 5.32 Å². The molecule has 0 aliphatic carbocycles. The van der Waals surface area contributed by atoms with Crippen LogP contribution in [0.15, 0.2) is 0 Å². The second kappa shape index (κ2) is 12.2. The molecule has 4 unspecified atom stereocenters. The van der Waals surface area contributed by atoms with E-state index in [4.69, 9.17) is 11.5 Å². The zero-order valence-electron chi connectivity index (χ0n) is 19.3. The van der Waals surface area contributed by atoms with Crippen LogP contribution < -0.4 is 16.8 Å². The molecule has 0 aromatic carbocycles. The number of amides is 3. The molecule has 32 heavy (non-hydrogen) atoms. The first-order chi connectivity index (χ1) is 15.2. The maximum atomic E-state index is 13.4. The van der Waals surface area contributed by atoms with Crippen LogP contribution in [0.2, 0.25) is 0 Å². The lowest BCUT2D eigenvalue weighted by atomic mass is 10.0. The summed E-state index contributed by atoms with van der Waals surface area (Å²) in [5.74, 6) is -1.78. The first kappa shape index (κ1) is 26.1. The molecule has 10 heteroatoms. The molecule has 182 valence electrons. The molecule has 0 aromatic heterocycles. The molecule has 2 fully saturated rings. The molecule has 2 heterocycles. The van der Waals surface area contributed by atoms with Crippen molar-refractivity contribution in [3.63, 3.8) is 0 Å². The van der Waals surface area contributed by atoms with Gasteiger partial charge in [-0.1, -0.05) is 13.8 Å². The van der Waals surface area contributed by atoms with Gasteiger partial charge in [0.2, 0.25) is 17.7 Å². The monoisotopic (exact) mass is 453 g/mol. The van der Waals surface area contributed by atoms with E-state index < -0.39 is 30.1 Å². The number of nitrogens with two attached hydrogens (primary N) is 2. The Morgan fingerprint density at radius 2 is 1.66 bits per heavy atom. The van der Waals surface area contributed by atoms with Crippen molar-refractivity contribution in [1.29, 1.82) is 0 Å². The molecule has 2 rings (SSSR count). The number of nitrogens with zero attached hydrogens (tertiary/aromatic N) is 2. The van der Waals surface area contributed by atoms with Crippen LogP contribution in [0.1, 0.15) is 65.2 Å². The highest BCUT2D eigenvalue weighted by Gasteiger charge is 2.43. The molecule has 3 amide bonds. The second-order valence-corrected chi connectivity index (χ2v) is 9.30. The average Bonchev–Trinajstić information content (AvgIpc) is 3.41. The molecule has 0 spiro atoms.